The molecule has 1 fully saturated rings. The zero-order chi connectivity index (χ0) is 12.8. The average molecular weight is 252 g/mol. The molecular weight excluding hydrogens is 228 g/mol. The third kappa shape index (κ3) is 3.57. The van der Waals surface area contributed by atoms with Gasteiger partial charge in [0.25, 0.3) is 0 Å². The lowest BCUT2D eigenvalue weighted by Gasteiger charge is -2.37. The van der Waals surface area contributed by atoms with Crippen LogP contribution in [0.1, 0.15) is 24.4 Å². The first-order chi connectivity index (χ1) is 8.74. The Balaban J connectivity index is 1.82. The van der Waals surface area contributed by atoms with E-state index in [0.717, 1.165) is 44.3 Å². The first-order valence-electron chi connectivity index (χ1n) is 6.70. The smallest absolute Gasteiger partial charge is 0.117 e. The Morgan fingerprint density at radius 1 is 1.39 bits per heavy atom. The maximum atomic E-state index is 5.56. The van der Waals surface area contributed by atoms with Gasteiger partial charge in [0.15, 0.2) is 0 Å². The van der Waals surface area contributed by atoms with Gasteiger partial charge in [-0.3, -0.25) is 0 Å². The van der Waals surface area contributed by atoms with E-state index in [1.54, 1.807) is 7.11 Å². The molecule has 1 aromatic rings. The summed E-state index contributed by atoms with van der Waals surface area (Å²) < 4.78 is 11.0. The van der Waals surface area contributed by atoms with Crippen LogP contribution in [0.5, 0.6) is 0 Å². The summed E-state index contributed by atoms with van der Waals surface area (Å²) in [7, 11) is 1.79. The van der Waals surface area contributed by atoms with Crippen molar-refractivity contribution in [1.82, 2.24) is 10.6 Å². The standard InChI is InChI=1S/C14H24N2O2/c1-12-3-4-13(18-12)9-16-10-14(11-17-2)5-7-15-8-6-14/h3-4,15-16H,5-11H2,1-2H3. The van der Waals surface area contributed by atoms with Gasteiger partial charge >= 0.3 is 0 Å². The molecular formula is C14H24N2O2. The second-order valence-corrected chi connectivity index (χ2v) is 5.30. The van der Waals surface area contributed by atoms with E-state index in [2.05, 4.69) is 10.6 Å². The average Bonchev–Trinajstić information content (AvgIpc) is 2.77. The van der Waals surface area contributed by atoms with Crippen LogP contribution in [0, 0.1) is 12.3 Å². The van der Waals surface area contributed by atoms with Crippen molar-refractivity contribution in [2.24, 2.45) is 5.41 Å². The second kappa shape index (κ2) is 6.36. The van der Waals surface area contributed by atoms with E-state index in [0.29, 0.717) is 0 Å². The summed E-state index contributed by atoms with van der Waals surface area (Å²) in [5.74, 6) is 1.98. The molecule has 1 aliphatic rings. The van der Waals surface area contributed by atoms with E-state index < -0.39 is 0 Å². The van der Waals surface area contributed by atoms with Crippen LogP contribution in [0.15, 0.2) is 16.5 Å². The van der Waals surface area contributed by atoms with Gasteiger partial charge in [0.2, 0.25) is 0 Å². The van der Waals surface area contributed by atoms with E-state index in [1.807, 2.05) is 19.1 Å². The molecule has 1 aliphatic heterocycles. The Morgan fingerprint density at radius 3 is 2.78 bits per heavy atom. The Labute approximate surface area is 109 Å². The van der Waals surface area contributed by atoms with Crippen molar-refractivity contribution in [3.8, 4) is 0 Å². The maximum Gasteiger partial charge on any atom is 0.117 e. The number of methoxy groups -OCH3 is 1. The molecule has 0 saturated carbocycles. The molecule has 0 bridgehead atoms. The number of rotatable bonds is 6. The van der Waals surface area contributed by atoms with Gasteiger partial charge in [0.1, 0.15) is 11.5 Å². The van der Waals surface area contributed by atoms with Gasteiger partial charge in [0, 0.05) is 19.1 Å². The van der Waals surface area contributed by atoms with Gasteiger partial charge in [-0.1, -0.05) is 0 Å². The summed E-state index contributed by atoms with van der Waals surface area (Å²) in [4.78, 5) is 0. The van der Waals surface area contributed by atoms with Crippen molar-refractivity contribution in [2.45, 2.75) is 26.3 Å². The monoisotopic (exact) mass is 252 g/mol. The van der Waals surface area contributed by atoms with E-state index >= 15 is 0 Å². The number of nitrogens with one attached hydrogen (secondary N) is 2. The largest absolute Gasteiger partial charge is 0.465 e. The molecule has 0 radical (unpaired) electrons. The van der Waals surface area contributed by atoms with Crippen molar-refractivity contribution in [2.75, 3.05) is 33.4 Å². The lowest BCUT2D eigenvalue weighted by atomic mass is 9.79. The van der Waals surface area contributed by atoms with E-state index in [4.69, 9.17) is 9.15 Å². The minimum atomic E-state index is 0.279. The van der Waals surface area contributed by atoms with Gasteiger partial charge in [-0.2, -0.15) is 0 Å². The zero-order valence-electron chi connectivity index (χ0n) is 11.4. The van der Waals surface area contributed by atoms with Crippen LogP contribution in [-0.2, 0) is 11.3 Å². The normalized spacial score (nSPS) is 19.0. The molecule has 2 N–H and O–H groups in total. The second-order valence-electron chi connectivity index (χ2n) is 5.30. The number of furan rings is 1. The Morgan fingerprint density at radius 2 is 2.17 bits per heavy atom. The molecule has 1 aromatic heterocycles. The summed E-state index contributed by atoms with van der Waals surface area (Å²) >= 11 is 0. The molecule has 1 saturated heterocycles. The number of hydrogen-bond acceptors (Lipinski definition) is 4. The van der Waals surface area contributed by atoms with Crippen molar-refractivity contribution in [3.63, 3.8) is 0 Å². The Hall–Kier alpha value is -0.840. The van der Waals surface area contributed by atoms with Crippen molar-refractivity contribution in [3.05, 3.63) is 23.7 Å². The molecule has 0 atom stereocenters. The van der Waals surface area contributed by atoms with Gasteiger partial charge < -0.3 is 19.8 Å². The predicted molar refractivity (Wildman–Crippen MR) is 71.6 cm³/mol. The molecule has 4 heteroatoms. The summed E-state index contributed by atoms with van der Waals surface area (Å²) in [6, 6.07) is 4.04. The van der Waals surface area contributed by atoms with Crippen molar-refractivity contribution >= 4 is 0 Å². The Kier molecular flexibility index (Phi) is 4.80. The highest BCUT2D eigenvalue weighted by Gasteiger charge is 2.31. The number of piperidine rings is 1. The molecule has 18 heavy (non-hydrogen) atoms. The molecule has 4 nitrogen and oxygen atoms in total. The fourth-order valence-corrected chi connectivity index (χ4v) is 2.67. The molecule has 2 heterocycles. The fraction of sp³-hybridized carbons (Fsp3) is 0.714. The predicted octanol–water partition coefficient (Wildman–Crippen LogP) is 1.69. The maximum absolute atomic E-state index is 5.56. The van der Waals surface area contributed by atoms with Gasteiger partial charge in [-0.15, -0.1) is 0 Å². The fourth-order valence-electron chi connectivity index (χ4n) is 2.67. The summed E-state index contributed by atoms with van der Waals surface area (Å²) in [6.45, 7) is 6.77. The molecule has 2 rings (SSSR count). The van der Waals surface area contributed by atoms with Crippen LogP contribution < -0.4 is 10.6 Å². The molecule has 102 valence electrons. The SMILES string of the molecule is COCC1(CNCc2ccc(C)o2)CCNCC1. The van der Waals surface area contributed by atoms with Crippen LogP contribution in [0.3, 0.4) is 0 Å². The van der Waals surface area contributed by atoms with Crippen LogP contribution in [0.25, 0.3) is 0 Å². The minimum Gasteiger partial charge on any atom is -0.465 e. The van der Waals surface area contributed by atoms with Crippen LogP contribution in [0.4, 0.5) is 0 Å². The van der Waals surface area contributed by atoms with Gasteiger partial charge in [-0.05, 0) is 45.0 Å². The molecule has 0 aromatic carbocycles. The lowest BCUT2D eigenvalue weighted by Crippen LogP contribution is -2.45. The van der Waals surface area contributed by atoms with Crippen molar-refractivity contribution < 1.29 is 9.15 Å². The van der Waals surface area contributed by atoms with Gasteiger partial charge in [-0.25, -0.2) is 0 Å². The van der Waals surface area contributed by atoms with Gasteiger partial charge in [0.05, 0.1) is 13.2 Å². The molecule has 0 aliphatic carbocycles. The van der Waals surface area contributed by atoms with Crippen molar-refractivity contribution in [1.29, 1.82) is 0 Å². The van der Waals surface area contributed by atoms with E-state index in [1.165, 1.54) is 12.8 Å². The van der Waals surface area contributed by atoms with E-state index in [9.17, 15) is 0 Å². The molecule has 0 amide bonds. The number of hydrogen-bond donors (Lipinski definition) is 2. The number of aryl methyl sites for hydroxylation is 1. The van der Waals surface area contributed by atoms with Crippen LogP contribution in [-0.4, -0.2) is 33.4 Å². The quantitative estimate of drug-likeness (QED) is 0.809. The summed E-state index contributed by atoms with van der Waals surface area (Å²) in [5.41, 5.74) is 0.279. The summed E-state index contributed by atoms with van der Waals surface area (Å²) in [5, 5.41) is 6.92. The van der Waals surface area contributed by atoms with Crippen LogP contribution >= 0.6 is 0 Å². The highest BCUT2D eigenvalue weighted by molar-refractivity contribution is 5.05. The third-order valence-corrected chi connectivity index (χ3v) is 3.71. The highest BCUT2D eigenvalue weighted by Crippen LogP contribution is 2.28. The minimum absolute atomic E-state index is 0.279. The molecule has 0 unspecified atom stereocenters. The van der Waals surface area contributed by atoms with Crippen LogP contribution in [0.2, 0.25) is 0 Å². The number of ether oxygens (including phenoxy) is 1. The molecule has 0 spiro atoms. The summed E-state index contributed by atoms with van der Waals surface area (Å²) in [6.07, 6.45) is 2.34. The highest BCUT2D eigenvalue weighted by atomic mass is 16.5. The zero-order valence-corrected chi connectivity index (χ0v) is 11.4. The Bertz CT molecular complexity index is 351. The van der Waals surface area contributed by atoms with E-state index in [-0.39, 0.29) is 5.41 Å². The first-order valence-corrected chi connectivity index (χ1v) is 6.70. The first kappa shape index (κ1) is 13.6. The topological polar surface area (TPSA) is 46.4 Å². The third-order valence-electron chi connectivity index (χ3n) is 3.71. The lowest BCUT2D eigenvalue weighted by molar-refractivity contribution is 0.0531.